The average Bonchev–Trinajstić information content (AvgIpc) is 3.04. The van der Waals surface area contributed by atoms with Crippen LogP contribution in [-0.2, 0) is 6.42 Å². The quantitative estimate of drug-likeness (QED) is 0.603. The molecule has 0 bridgehead atoms. The van der Waals surface area contributed by atoms with Crippen LogP contribution in [0.25, 0.3) is 21.8 Å². The second kappa shape index (κ2) is 6.16. The number of nitrogens with one attached hydrogen (secondary N) is 2. The van der Waals surface area contributed by atoms with Crippen LogP contribution in [0.5, 0.6) is 0 Å². The fraction of sp³-hybridized carbons (Fsp3) is 0.100. The van der Waals surface area contributed by atoms with Gasteiger partial charge in [-0.1, -0.05) is 36.4 Å². The van der Waals surface area contributed by atoms with E-state index < -0.39 is 0 Å². The van der Waals surface area contributed by atoms with Crippen molar-refractivity contribution in [3.05, 3.63) is 78.1 Å². The molecule has 118 valence electrons. The van der Waals surface area contributed by atoms with Gasteiger partial charge >= 0.3 is 0 Å². The van der Waals surface area contributed by atoms with Gasteiger partial charge in [0.25, 0.3) is 5.91 Å². The molecule has 0 radical (unpaired) electrons. The molecule has 0 atom stereocenters. The third kappa shape index (κ3) is 2.63. The molecule has 2 aromatic heterocycles. The molecule has 0 fully saturated rings. The Labute approximate surface area is 139 Å². The Balaban J connectivity index is 1.48. The number of nitrogens with zero attached hydrogens (tertiary/aromatic N) is 1. The van der Waals surface area contributed by atoms with E-state index in [2.05, 4.69) is 27.4 Å². The van der Waals surface area contributed by atoms with Gasteiger partial charge in [-0.25, -0.2) is 0 Å². The first kappa shape index (κ1) is 14.5. The number of carbonyl (C=O) groups excluding carboxylic acids is 1. The summed E-state index contributed by atoms with van der Waals surface area (Å²) in [5, 5.41) is 5.10. The summed E-state index contributed by atoms with van der Waals surface area (Å²) < 4.78 is 0. The number of para-hydroxylation sites is 2. The predicted molar refractivity (Wildman–Crippen MR) is 96.1 cm³/mol. The minimum absolute atomic E-state index is 0.0616. The molecule has 4 nitrogen and oxygen atoms in total. The number of aromatic amines is 1. The molecule has 4 aromatic rings. The fourth-order valence-corrected chi connectivity index (χ4v) is 3.04. The zero-order valence-electron chi connectivity index (χ0n) is 13.1. The van der Waals surface area contributed by atoms with Gasteiger partial charge in [0.2, 0.25) is 0 Å². The van der Waals surface area contributed by atoms with Gasteiger partial charge in [-0.3, -0.25) is 9.78 Å². The summed E-state index contributed by atoms with van der Waals surface area (Å²) in [6.07, 6.45) is 4.48. The predicted octanol–water partition coefficient (Wildman–Crippen LogP) is 3.69. The zero-order valence-corrected chi connectivity index (χ0v) is 13.1. The lowest BCUT2D eigenvalue weighted by Crippen LogP contribution is -2.25. The molecule has 0 aliphatic carbocycles. The van der Waals surface area contributed by atoms with E-state index in [1.54, 1.807) is 12.3 Å². The van der Waals surface area contributed by atoms with Crippen LogP contribution >= 0.6 is 0 Å². The van der Waals surface area contributed by atoms with Crippen molar-refractivity contribution in [2.45, 2.75) is 6.42 Å². The highest BCUT2D eigenvalue weighted by atomic mass is 16.1. The van der Waals surface area contributed by atoms with Gasteiger partial charge in [0.1, 0.15) is 0 Å². The second-order valence-corrected chi connectivity index (χ2v) is 5.74. The monoisotopic (exact) mass is 315 g/mol. The first-order valence-electron chi connectivity index (χ1n) is 8.00. The molecule has 0 spiro atoms. The second-order valence-electron chi connectivity index (χ2n) is 5.74. The summed E-state index contributed by atoms with van der Waals surface area (Å²) in [5.74, 6) is -0.0616. The number of hydrogen-bond acceptors (Lipinski definition) is 2. The van der Waals surface area contributed by atoms with Gasteiger partial charge < -0.3 is 10.3 Å². The molecule has 0 unspecified atom stereocenters. The van der Waals surface area contributed by atoms with Crippen LogP contribution in [0.4, 0.5) is 0 Å². The highest BCUT2D eigenvalue weighted by Crippen LogP contribution is 2.18. The third-order valence-corrected chi connectivity index (χ3v) is 4.25. The molecular formula is C20H17N3O. The van der Waals surface area contributed by atoms with E-state index in [1.165, 1.54) is 10.9 Å². The smallest absolute Gasteiger partial charge is 0.252 e. The number of H-pyrrole nitrogens is 1. The van der Waals surface area contributed by atoms with E-state index in [4.69, 9.17) is 0 Å². The van der Waals surface area contributed by atoms with Gasteiger partial charge in [0.05, 0.1) is 11.1 Å². The lowest BCUT2D eigenvalue weighted by atomic mass is 10.1. The summed E-state index contributed by atoms with van der Waals surface area (Å²) in [5.41, 5.74) is 3.84. The number of carbonyl (C=O) groups is 1. The molecule has 1 amide bonds. The van der Waals surface area contributed by atoms with Gasteiger partial charge in [0, 0.05) is 35.2 Å². The minimum atomic E-state index is -0.0616. The van der Waals surface area contributed by atoms with Gasteiger partial charge in [-0.2, -0.15) is 0 Å². The van der Waals surface area contributed by atoms with Crippen LogP contribution in [0.3, 0.4) is 0 Å². The largest absolute Gasteiger partial charge is 0.361 e. The van der Waals surface area contributed by atoms with Crippen LogP contribution < -0.4 is 5.32 Å². The summed E-state index contributed by atoms with van der Waals surface area (Å²) in [7, 11) is 0. The molecule has 2 N–H and O–H groups in total. The van der Waals surface area contributed by atoms with Crippen LogP contribution in [0.15, 0.2) is 67.0 Å². The molecule has 0 aliphatic heterocycles. The normalized spacial score (nSPS) is 11.0. The van der Waals surface area contributed by atoms with Crippen molar-refractivity contribution < 1.29 is 4.79 Å². The molecule has 2 heterocycles. The van der Waals surface area contributed by atoms with E-state index in [-0.39, 0.29) is 5.91 Å². The number of benzene rings is 2. The third-order valence-electron chi connectivity index (χ3n) is 4.25. The number of rotatable bonds is 4. The molecule has 0 aliphatic rings. The van der Waals surface area contributed by atoms with E-state index in [0.717, 1.165) is 22.8 Å². The standard InChI is InChI=1S/C20H17N3O/c24-20(17-10-12-21-19-8-4-2-6-16(17)19)22-11-9-14-13-23-18-7-3-1-5-15(14)18/h1-8,10,12-13,23H,9,11H2,(H,22,24). The summed E-state index contributed by atoms with van der Waals surface area (Å²) in [4.78, 5) is 20.1. The maximum atomic E-state index is 12.5. The van der Waals surface area contributed by atoms with Crippen LogP contribution in [0, 0.1) is 0 Å². The number of aromatic nitrogens is 2. The van der Waals surface area contributed by atoms with E-state index in [0.29, 0.717) is 12.1 Å². The highest BCUT2D eigenvalue weighted by Gasteiger charge is 2.10. The van der Waals surface area contributed by atoms with Crippen LogP contribution in [0.2, 0.25) is 0 Å². The number of amides is 1. The molecular weight excluding hydrogens is 298 g/mol. The summed E-state index contributed by atoms with van der Waals surface area (Å²) in [6, 6.07) is 17.7. The van der Waals surface area contributed by atoms with Crippen molar-refractivity contribution in [3.8, 4) is 0 Å². The lowest BCUT2D eigenvalue weighted by Gasteiger charge is -2.07. The Morgan fingerprint density at radius 3 is 2.71 bits per heavy atom. The number of hydrogen-bond donors (Lipinski definition) is 2. The minimum Gasteiger partial charge on any atom is -0.361 e. The summed E-state index contributed by atoms with van der Waals surface area (Å²) >= 11 is 0. The van der Waals surface area contributed by atoms with E-state index in [1.807, 2.05) is 42.6 Å². The van der Waals surface area contributed by atoms with Crippen molar-refractivity contribution in [2.24, 2.45) is 0 Å². The van der Waals surface area contributed by atoms with Crippen molar-refractivity contribution in [1.29, 1.82) is 0 Å². The average molecular weight is 315 g/mol. The Bertz CT molecular complexity index is 1010. The highest BCUT2D eigenvalue weighted by molar-refractivity contribution is 6.05. The van der Waals surface area contributed by atoms with Crippen molar-refractivity contribution >= 4 is 27.7 Å². The van der Waals surface area contributed by atoms with Gasteiger partial charge in [-0.15, -0.1) is 0 Å². The van der Waals surface area contributed by atoms with Gasteiger partial charge in [0.15, 0.2) is 0 Å². The topological polar surface area (TPSA) is 57.8 Å². The molecule has 24 heavy (non-hydrogen) atoms. The molecule has 0 saturated heterocycles. The summed E-state index contributed by atoms with van der Waals surface area (Å²) in [6.45, 7) is 0.595. The molecule has 2 aromatic carbocycles. The first-order chi connectivity index (χ1) is 11.8. The molecule has 4 rings (SSSR count). The first-order valence-corrected chi connectivity index (χ1v) is 8.00. The van der Waals surface area contributed by atoms with Crippen molar-refractivity contribution in [1.82, 2.24) is 15.3 Å². The Morgan fingerprint density at radius 2 is 1.79 bits per heavy atom. The molecule has 0 saturated carbocycles. The molecule has 4 heteroatoms. The SMILES string of the molecule is O=C(NCCc1c[nH]c2ccccc12)c1ccnc2ccccc12. The van der Waals surface area contributed by atoms with Gasteiger partial charge in [-0.05, 0) is 30.2 Å². The van der Waals surface area contributed by atoms with E-state index in [9.17, 15) is 4.79 Å². The van der Waals surface area contributed by atoms with Crippen LogP contribution in [-0.4, -0.2) is 22.4 Å². The fourth-order valence-electron chi connectivity index (χ4n) is 3.04. The van der Waals surface area contributed by atoms with Crippen molar-refractivity contribution in [2.75, 3.05) is 6.54 Å². The Morgan fingerprint density at radius 1 is 1.00 bits per heavy atom. The Hall–Kier alpha value is -3.14. The van der Waals surface area contributed by atoms with E-state index >= 15 is 0 Å². The maximum absolute atomic E-state index is 12.5. The van der Waals surface area contributed by atoms with Crippen LogP contribution in [0.1, 0.15) is 15.9 Å². The zero-order chi connectivity index (χ0) is 16.4. The number of pyridine rings is 1. The maximum Gasteiger partial charge on any atom is 0.252 e. The van der Waals surface area contributed by atoms with Crippen molar-refractivity contribution in [3.63, 3.8) is 0 Å². The Kier molecular flexibility index (Phi) is 3.71. The number of fused-ring (bicyclic) bond motifs is 2. The lowest BCUT2D eigenvalue weighted by molar-refractivity contribution is 0.0955.